The van der Waals surface area contributed by atoms with Crippen molar-refractivity contribution in [2.75, 3.05) is 6.54 Å². The van der Waals surface area contributed by atoms with Crippen molar-refractivity contribution >= 4 is 28.9 Å². The highest BCUT2D eigenvalue weighted by atomic mass is 35.5. The lowest BCUT2D eigenvalue weighted by Gasteiger charge is -1.98. The number of nitrogens with zero attached hydrogens (tertiary/aromatic N) is 4. The second kappa shape index (κ2) is 5.97. The fourth-order valence-electron chi connectivity index (χ4n) is 0.989. The number of halogens is 2. The highest BCUT2D eigenvalue weighted by Gasteiger charge is 2.15. The maximum atomic E-state index is 10.7. The first-order chi connectivity index (χ1) is 8.06. The van der Waals surface area contributed by atoms with Gasteiger partial charge in [-0.2, -0.15) is 0 Å². The van der Waals surface area contributed by atoms with Crippen molar-refractivity contribution in [3.63, 3.8) is 0 Å². The average Bonchev–Trinajstić information content (AvgIpc) is 2.28. The van der Waals surface area contributed by atoms with Crippen molar-refractivity contribution in [2.45, 2.75) is 0 Å². The molecule has 1 aromatic rings. The summed E-state index contributed by atoms with van der Waals surface area (Å²) in [7, 11) is 0. The van der Waals surface area contributed by atoms with E-state index in [2.05, 4.69) is 21.9 Å². The van der Waals surface area contributed by atoms with Gasteiger partial charge in [-0.3, -0.25) is 10.1 Å². The number of hydrogen-bond donors (Lipinski definition) is 0. The Bertz CT molecular complexity index is 570. The Morgan fingerprint density at radius 2 is 2.12 bits per heavy atom. The summed E-state index contributed by atoms with van der Waals surface area (Å²) in [4.78, 5) is 12.6. The molecule has 0 N–H and O–H groups in total. The summed E-state index contributed by atoms with van der Waals surface area (Å²) in [5.74, 6) is 4.97. The van der Waals surface area contributed by atoms with Crippen LogP contribution in [0.25, 0.3) is 10.4 Å². The molecule has 0 radical (unpaired) electrons. The van der Waals surface area contributed by atoms with Crippen LogP contribution in [0.4, 0.5) is 5.69 Å². The summed E-state index contributed by atoms with van der Waals surface area (Å²) in [5, 5.41) is 14.2. The van der Waals surface area contributed by atoms with Crippen molar-refractivity contribution in [1.29, 1.82) is 0 Å². The minimum atomic E-state index is -0.611. The van der Waals surface area contributed by atoms with Gasteiger partial charge in [-0.05, 0) is 11.6 Å². The highest BCUT2D eigenvalue weighted by molar-refractivity contribution is 6.42. The number of nitro groups is 1. The zero-order valence-electron chi connectivity index (χ0n) is 8.22. The molecule has 1 rings (SSSR count). The quantitative estimate of drug-likeness (QED) is 0.205. The summed E-state index contributed by atoms with van der Waals surface area (Å²) >= 11 is 11.4. The third-order valence-electron chi connectivity index (χ3n) is 1.67. The van der Waals surface area contributed by atoms with Gasteiger partial charge >= 0.3 is 0 Å². The molecule has 0 aliphatic carbocycles. The Hall–Kier alpha value is -1.93. The van der Waals surface area contributed by atoms with Gasteiger partial charge in [-0.25, -0.2) is 0 Å². The van der Waals surface area contributed by atoms with Gasteiger partial charge in [0, 0.05) is 11.0 Å². The van der Waals surface area contributed by atoms with Gasteiger partial charge in [0.2, 0.25) is 0 Å². The van der Waals surface area contributed by atoms with Crippen LogP contribution in [0.15, 0.2) is 17.2 Å². The molecule has 0 saturated carbocycles. The lowest BCUT2D eigenvalue weighted by molar-refractivity contribution is -0.385. The smallest absolute Gasteiger partial charge is 0.258 e. The van der Waals surface area contributed by atoms with Crippen LogP contribution in [0, 0.1) is 22.0 Å². The van der Waals surface area contributed by atoms with Gasteiger partial charge < -0.3 is 0 Å². The first-order valence-corrected chi connectivity index (χ1v) is 4.95. The van der Waals surface area contributed by atoms with E-state index in [0.717, 1.165) is 6.07 Å². The van der Waals surface area contributed by atoms with Crippen LogP contribution in [0.5, 0.6) is 0 Å². The van der Waals surface area contributed by atoms with Gasteiger partial charge in [0.25, 0.3) is 5.69 Å². The van der Waals surface area contributed by atoms with E-state index in [1.54, 1.807) is 0 Å². The molecule has 0 aliphatic rings. The molecule has 8 heteroatoms. The molecule has 0 heterocycles. The SMILES string of the molecule is [N-]=[N+]=NCC#Cc1cc(Cl)c(Cl)cc1[N+](=O)[O-]. The molecule has 0 atom stereocenters. The molecule has 0 aliphatic heterocycles. The van der Waals surface area contributed by atoms with Crippen LogP contribution in [-0.2, 0) is 0 Å². The van der Waals surface area contributed by atoms with Crippen LogP contribution >= 0.6 is 23.2 Å². The third kappa shape index (κ3) is 3.54. The number of rotatable bonds is 2. The van der Waals surface area contributed by atoms with Crippen molar-refractivity contribution in [1.82, 2.24) is 0 Å². The molecule has 0 fully saturated rings. The number of nitro benzene ring substituents is 1. The second-order valence-corrected chi connectivity index (χ2v) is 3.55. The molecule has 0 amide bonds. The molecule has 17 heavy (non-hydrogen) atoms. The Morgan fingerprint density at radius 1 is 1.47 bits per heavy atom. The molecule has 0 aromatic heterocycles. The minimum absolute atomic E-state index is 0.0755. The fourth-order valence-corrected chi connectivity index (χ4v) is 1.31. The third-order valence-corrected chi connectivity index (χ3v) is 2.39. The largest absolute Gasteiger partial charge is 0.286 e. The van der Waals surface area contributed by atoms with Crippen molar-refractivity contribution in [3.05, 3.63) is 48.3 Å². The van der Waals surface area contributed by atoms with E-state index >= 15 is 0 Å². The van der Waals surface area contributed by atoms with E-state index in [4.69, 9.17) is 28.7 Å². The van der Waals surface area contributed by atoms with Gasteiger partial charge in [0.15, 0.2) is 0 Å². The number of azide groups is 1. The predicted octanol–water partition coefficient (Wildman–Crippen LogP) is 3.56. The maximum Gasteiger partial charge on any atom is 0.286 e. The number of benzene rings is 1. The van der Waals surface area contributed by atoms with Crippen molar-refractivity contribution < 1.29 is 4.92 Å². The predicted molar refractivity (Wildman–Crippen MR) is 64.0 cm³/mol. The van der Waals surface area contributed by atoms with E-state index in [-0.39, 0.29) is 27.8 Å². The van der Waals surface area contributed by atoms with E-state index in [1.807, 2.05) is 0 Å². The first kappa shape index (κ1) is 13.1. The molecular formula is C9H4Cl2N4O2. The minimum Gasteiger partial charge on any atom is -0.258 e. The molecule has 0 saturated heterocycles. The summed E-state index contributed by atoms with van der Waals surface area (Å²) in [6, 6.07) is 2.42. The van der Waals surface area contributed by atoms with Gasteiger partial charge in [0.1, 0.15) is 5.56 Å². The van der Waals surface area contributed by atoms with Crippen LogP contribution in [0.2, 0.25) is 10.0 Å². The van der Waals surface area contributed by atoms with Crippen LogP contribution in [0.1, 0.15) is 5.56 Å². The summed E-state index contributed by atoms with van der Waals surface area (Å²) < 4.78 is 0. The maximum absolute atomic E-state index is 10.7. The molecular weight excluding hydrogens is 267 g/mol. The van der Waals surface area contributed by atoms with E-state index in [0.29, 0.717) is 0 Å². The fraction of sp³-hybridized carbons (Fsp3) is 0.111. The lowest BCUT2D eigenvalue weighted by Crippen LogP contribution is -1.92. The first-order valence-electron chi connectivity index (χ1n) is 4.19. The van der Waals surface area contributed by atoms with Gasteiger partial charge in [-0.15, -0.1) is 0 Å². The zero-order valence-corrected chi connectivity index (χ0v) is 9.73. The lowest BCUT2D eigenvalue weighted by atomic mass is 10.2. The normalized spacial score (nSPS) is 8.82. The van der Waals surface area contributed by atoms with E-state index < -0.39 is 4.92 Å². The van der Waals surface area contributed by atoms with E-state index in [9.17, 15) is 10.1 Å². The number of hydrogen-bond acceptors (Lipinski definition) is 3. The molecule has 0 unspecified atom stereocenters. The Balaban J connectivity index is 3.20. The molecule has 0 bridgehead atoms. The molecule has 6 nitrogen and oxygen atoms in total. The highest BCUT2D eigenvalue weighted by Crippen LogP contribution is 2.29. The Kier molecular flexibility index (Phi) is 4.61. The van der Waals surface area contributed by atoms with Crippen molar-refractivity contribution in [3.8, 4) is 11.8 Å². The summed E-state index contributed by atoms with van der Waals surface area (Å²) in [6.07, 6.45) is 0. The Morgan fingerprint density at radius 3 is 2.71 bits per heavy atom. The average molecular weight is 271 g/mol. The van der Waals surface area contributed by atoms with Gasteiger partial charge in [0.05, 0.1) is 21.5 Å². The second-order valence-electron chi connectivity index (χ2n) is 2.73. The topological polar surface area (TPSA) is 91.9 Å². The standard InChI is InChI=1S/C9H4Cl2N4O2/c10-7-4-6(2-1-3-13-14-12)9(15(16)17)5-8(7)11/h4-5H,3H2. The summed E-state index contributed by atoms with van der Waals surface area (Å²) in [5.41, 5.74) is 7.91. The molecule has 1 aromatic carbocycles. The molecule has 86 valence electrons. The van der Waals surface area contributed by atoms with Crippen molar-refractivity contribution in [2.24, 2.45) is 5.11 Å². The van der Waals surface area contributed by atoms with Crippen LogP contribution in [0.3, 0.4) is 0 Å². The summed E-state index contributed by atoms with van der Waals surface area (Å²) in [6.45, 7) is -0.0755. The Labute approximate surface area is 106 Å². The van der Waals surface area contributed by atoms with Gasteiger partial charge in [-0.1, -0.05) is 40.2 Å². The monoisotopic (exact) mass is 270 g/mol. The van der Waals surface area contributed by atoms with Crippen LogP contribution < -0.4 is 0 Å². The zero-order chi connectivity index (χ0) is 12.8. The molecule has 0 spiro atoms. The van der Waals surface area contributed by atoms with Crippen LogP contribution in [-0.4, -0.2) is 11.5 Å². The van der Waals surface area contributed by atoms with E-state index in [1.165, 1.54) is 6.07 Å².